The molecular weight excluding hydrogens is 283 g/mol. The number of nitrogens with zero attached hydrogens (tertiary/aromatic N) is 1. The van der Waals surface area contributed by atoms with Crippen molar-refractivity contribution in [3.05, 3.63) is 29.6 Å². The van der Waals surface area contributed by atoms with E-state index in [1.807, 2.05) is 7.05 Å². The van der Waals surface area contributed by atoms with Gasteiger partial charge in [0, 0.05) is 19.6 Å². The lowest BCUT2D eigenvalue weighted by molar-refractivity contribution is -0.0156. The van der Waals surface area contributed by atoms with E-state index in [4.69, 9.17) is 4.74 Å². The zero-order chi connectivity index (χ0) is 14.8. The van der Waals surface area contributed by atoms with Gasteiger partial charge in [0.05, 0.1) is 17.6 Å². The highest BCUT2D eigenvalue weighted by molar-refractivity contribution is 7.89. The summed E-state index contributed by atoms with van der Waals surface area (Å²) in [6, 6.07) is 3.75. The van der Waals surface area contributed by atoms with Gasteiger partial charge in [0.15, 0.2) is 0 Å². The van der Waals surface area contributed by atoms with Crippen LogP contribution in [0.25, 0.3) is 0 Å². The lowest BCUT2D eigenvalue weighted by Crippen LogP contribution is -2.45. The summed E-state index contributed by atoms with van der Waals surface area (Å²) in [6.45, 7) is 3.88. The van der Waals surface area contributed by atoms with Gasteiger partial charge in [-0.2, -0.15) is 0 Å². The fourth-order valence-electron chi connectivity index (χ4n) is 2.06. The van der Waals surface area contributed by atoms with Gasteiger partial charge in [0.1, 0.15) is 5.82 Å². The third kappa shape index (κ3) is 3.76. The molecule has 1 fully saturated rings. The topological polar surface area (TPSA) is 58.6 Å². The second-order valence-electron chi connectivity index (χ2n) is 5.02. The van der Waals surface area contributed by atoms with Crippen molar-refractivity contribution in [3.8, 4) is 0 Å². The molecule has 20 heavy (non-hydrogen) atoms. The number of ether oxygens (including phenoxy) is 1. The number of benzene rings is 1. The van der Waals surface area contributed by atoms with Gasteiger partial charge in [-0.1, -0.05) is 0 Å². The second kappa shape index (κ2) is 6.17. The molecule has 0 spiro atoms. The first-order valence-corrected chi connectivity index (χ1v) is 7.93. The van der Waals surface area contributed by atoms with Crippen LogP contribution in [0.1, 0.15) is 5.56 Å². The first kappa shape index (κ1) is 15.4. The van der Waals surface area contributed by atoms with E-state index in [1.54, 1.807) is 0 Å². The van der Waals surface area contributed by atoms with Crippen molar-refractivity contribution in [2.75, 3.05) is 33.3 Å². The molecule has 1 heterocycles. The first-order chi connectivity index (χ1) is 9.38. The van der Waals surface area contributed by atoms with Gasteiger partial charge in [0.2, 0.25) is 10.0 Å². The summed E-state index contributed by atoms with van der Waals surface area (Å²) in [5, 5.41) is 0. The Morgan fingerprint density at radius 3 is 2.90 bits per heavy atom. The van der Waals surface area contributed by atoms with Crippen molar-refractivity contribution in [2.45, 2.75) is 17.9 Å². The molecule has 1 N–H and O–H groups in total. The molecule has 2 rings (SSSR count). The summed E-state index contributed by atoms with van der Waals surface area (Å²) < 4.78 is 45.4. The summed E-state index contributed by atoms with van der Waals surface area (Å²) in [4.78, 5) is 2.16. The lowest BCUT2D eigenvalue weighted by atomic mass is 10.2. The SMILES string of the molecule is Cc1cc(S(=O)(=O)NCC2CN(C)CCO2)ccc1F. The minimum absolute atomic E-state index is 0.0700. The van der Waals surface area contributed by atoms with Crippen LogP contribution in [-0.4, -0.2) is 52.7 Å². The summed E-state index contributed by atoms with van der Waals surface area (Å²) in [5.74, 6) is -0.416. The molecule has 112 valence electrons. The highest BCUT2D eigenvalue weighted by Gasteiger charge is 2.21. The summed E-state index contributed by atoms with van der Waals surface area (Å²) in [5.41, 5.74) is 0.307. The molecule has 0 bridgehead atoms. The fraction of sp³-hybridized carbons (Fsp3) is 0.538. The Hall–Kier alpha value is -1.02. The smallest absolute Gasteiger partial charge is 0.240 e. The molecule has 5 nitrogen and oxygen atoms in total. The maximum atomic E-state index is 13.2. The van der Waals surface area contributed by atoms with Gasteiger partial charge < -0.3 is 9.64 Å². The Morgan fingerprint density at radius 1 is 1.50 bits per heavy atom. The third-order valence-electron chi connectivity index (χ3n) is 3.28. The van der Waals surface area contributed by atoms with Crippen molar-refractivity contribution >= 4 is 10.0 Å². The van der Waals surface area contributed by atoms with Crippen LogP contribution in [0.2, 0.25) is 0 Å². The monoisotopic (exact) mass is 302 g/mol. The second-order valence-corrected chi connectivity index (χ2v) is 6.78. The largest absolute Gasteiger partial charge is 0.374 e. The average molecular weight is 302 g/mol. The van der Waals surface area contributed by atoms with Crippen molar-refractivity contribution < 1.29 is 17.5 Å². The predicted molar refractivity (Wildman–Crippen MR) is 73.6 cm³/mol. The summed E-state index contributed by atoms with van der Waals surface area (Å²) >= 11 is 0. The molecule has 1 atom stereocenters. The summed E-state index contributed by atoms with van der Waals surface area (Å²) in [7, 11) is -1.67. The van der Waals surface area contributed by atoms with E-state index >= 15 is 0 Å². The van der Waals surface area contributed by atoms with Gasteiger partial charge in [-0.3, -0.25) is 0 Å². The standard InChI is InChI=1S/C13H19FN2O3S/c1-10-7-12(3-4-13(10)14)20(17,18)15-8-11-9-16(2)5-6-19-11/h3-4,7,11,15H,5-6,8-9H2,1-2H3. The first-order valence-electron chi connectivity index (χ1n) is 6.44. The van der Waals surface area contributed by atoms with Gasteiger partial charge in [-0.15, -0.1) is 0 Å². The predicted octanol–water partition coefficient (Wildman–Crippen LogP) is 0.743. The maximum Gasteiger partial charge on any atom is 0.240 e. The van der Waals surface area contributed by atoms with Gasteiger partial charge >= 0.3 is 0 Å². The number of halogens is 1. The van der Waals surface area contributed by atoms with E-state index < -0.39 is 15.8 Å². The fourth-order valence-corrected chi connectivity index (χ4v) is 3.21. The Kier molecular flexibility index (Phi) is 4.74. The van der Waals surface area contributed by atoms with Crippen LogP contribution in [0.4, 0.5) is 4.39 Å². The van der Waals surface area contributed by atoms with Crippen molar-refractivity contribution in [3.63, 3.8) is 0 Å². The normalized spacial score (nSPS) is 21.1. The van der Waals surface area contributed by atoms with Crippen LogP contribution in [0.3, 0.4) is 0 Å². The maximum absolute atomic E-state index is 13.2. The zero-order valence-electron chi connectivity index (χ0n) is 11.6. The van der Waals surface area contributed by atoms with Crippen LogP contribution in [-0.2, 0) is 14.8 Å². The number of sulfonamides is 1. The number of hydrogen-bond donors (Lipinski definition) is 1. The van der Waals surface area contributed by atoms with E-state index in [9.17, 15) is 12.8 Å². The lowest BCUT2D eigenvalue weighted by Gasteiger charge is -2.30. The van der Waals surface area contributed by atoms with Gasteiger partial charge in [-0.25, -0.2) is 17.5 Å². The number of likely N-dealkylation sites (N-methyl/N-ethyl adjacent to an activating group) is 1. The Balaban J connectivity index is 2.01. The minimum atomic E-state index is -3.63. The van der Waals surface area contributed by atoms with Gasteiger partial charge in [-0.05, 0) is 37.7 Å². The van der Waals surface area contributed by atoms with Crippen LogP contribution >= 0.6 is 0 Å². The molecule has 1 unspecified atom stereocenters. The van der Waals surface area contributed by atoms with E-state index in [-0.39, 0.29) is 17.5 Å². The van der Waals surface area contributed by atoms with Crippen molar-refractivity contribution in [2.24, 2.45) is 0 Å². The third-order valence-corrected chi connectivity index (χ3v) is 4.70. The molecule has 0 aromatic heterocycles. The van der Waals surface area contributed by atoms with Crippen LogP contribution in [0.15, 0.2) is 23.1 Å². The average Bonchev–Trinajstić information content (AvgIpc) is 2.40. The minimum Gasteiger partial charge on any atom is -0.374 e. The quantitative estimate of drug-likeness (QED) is 0.891. The van der Waals surface area contributed by atoms with Crippen LogP contribution < -0.4 is 4.72 Å². The van der Waals surface area contributed by atoms with Crippen molar-refractivity contribution in [1.82, 2.24) is 9.62 Å². The molecule has 1 aromatic rings. The van der Waals surface area contributed by atoms with E-state index in [1.165, 1.54) is 19.1 Å². The molecular formula is C13H19FN2O3S. The Morgan fingerprint density at radius 2 is 2.25 bits per heavy atom. The molecule has 1 aromatic carbocycles. The Labute approximate surface area is 118 Å². The number of aryl methyl sites for hydroxylation is 1. The van der Waals surface area contributed by atoms with Crippen LogP contribution in [0, 0.1) is 12.7 Å². The number of rotatable bonds is 4. The van der Waals surface area contributed by atoms with Crippen LogP contribution in [0.5, 0.6) is 0 Å². The number of morpholine rings is 1. The Bertz CT molecular complexity index is 577. The zero-order valence-corrected chi connectivity index (χ0v) is 12.4. The number of hydrogen-bond acceptors (Lipinski definition) is 4. The van der Waals surface area contributed by atoms with E-state index in [0.29, 0.717) is 18.7 Å². The highest BCUT2D eigenvalue weighted by atomic mass is 32.2. The molecule has 0 radical (unpaired) electrons. The summed E-state index contributed by atoms with van der Waals surface area (Å²) in [6.07, 6.45) is -0.162. The van der Waals surface area contributed by atoms with E-state index in [2.05, 4.69) is 9.62 Å². The molecule has 1 saturated heterocycles. The number of nitrogens with one attached hydrogen (secondary N) is 1. The molecule has 0 amide bonds. The molecule has 1 aliphatic rings. The highest BCUT2D eigenvalue weighted by Crippen LogP contribution is 2.14. The van der Waals surface area contributed by atoms with E-state index in [0.717, 1.165) is 12.6 Å². The molecule has 0 saturated carbocycles. The molecule has 7 heteroatoms. The molecule has 0 aliphatic carbocycles. The van der Waals surface area contributed by atoms with Gasteiger partial charge in [0.25, 0.3) is 0 Å². The van der Waals surface area contributed by atoms with Crippen molar-refractivity contribution in [1.29, 1.82) is 0 Å². The molecule has 1 aliphatic heterocycles.